The van der Waals surface area contributed by atoms with Gasteiger partial charge in [-0.25, -0.2) is 4.98 Å². The van der Waals surface area contributed by atoms with Crippen LogP contribution in [0.1, 0.15) is 0 Å². The Kier molecular flexibility index (Phi) is 1.79. The van der Waals surface area contributed by atoms with E-state index in [0.717, 1.165) is 0 Å². The van der Waals surface area contributed by atoms with Gasteiger partial charge in [0.1, 0.15) is 6.26 Å². The second kappa shape index (κ2) is 2.95. The molecule has 5 nitrogen and oxygen atoms in total. The number of rotatable bonds is 1. The molecule has 0 aliphatic carbocycles. The average Bonchev–Trinajstić information content (AvgIpc) is 2.62. The van der Waals surface area contributed by atoms with Crippen LogP contribution in [0.15, 0.2) is 40.9 Å². The summed E-state index contributed by atoms with van der Waals surface area (Å²) in [6, 6.07) is 0.319. The maximum Gasteiger partial charge on any atom is 0.303 e. The van der Waals surface area contributed by atoms with Crippen molar-refractivity contribution in [2.24, 2.45) is 5.73 Å². The van der Waals surface area contributed by atoms with Crippen molar-refractivity contribution in [1.29, 1.82) is 0 Å². The molecule has 0 fully saturated rings. The van der Waals surface area contributed by atoms with Crippen LogP contribution in [0.5, 0.6) is 0 Å². The zero-order chi connectivity index (χ0) is 9.26. The Morgan fingerprint density at radius 3 is 3.15 bits per heavy atom. The SMILES string of the molecule is NC1=CC=CN(c2ncco2)C1O. The smallest absolute Gasteiger partial charge is 0.303 e. The number of aromatic nitrogens is 1. The molecular weight excluding hydrogens is 170 g/mol. The lowest BCUT2D eigenvalue weighted by Gasteiger charge is -2.25. The summed E-state index contributed by atoms with van der Waals surface area (Å²) in [6.07, 6.45) is 7.03. The highest BCUT2D eigenvalue weighted by Crippen LogP contribution is 2.18. The standard InChI is InChI=1S/C8H9N3O2/c9-6-2-1-4-11(7(6)12)8-10-3-5-13-8/h1-5,7,12H,9H2. The molecule has 3 N–H and O–H groups in total. The second-order valence-corrected chi connectivity index (χ2v) is 2.60. The van der Waals surface area contributed by atoms with Gasteiger partial charge in [-0.05, 0) is 12.2 Å². The van der Waals surface area contributed by atoms with Gasteiger partial charge in [-0.3, -0.25) is 4.90 Å². The Morgan fingerprint density at radius 2 is 2.46 bits per heavy atom. The fourth-order valence-corrected chi connectivity index (χ4v) is 1.09. The molecule has 5 heteroatoms. The number of nitrogens with two attached hydrogens (primary N) is 1. The summed E-state index contributed by atoms with van der Waals surface area (Å²) in [5.41, 5.74) is 5.89. The number of anilines is 1. The minimum absolute atomic E-state index is 0.319. The molecule has 0 bridgehead atoms. The molecule has 68 valence electrons. The maximum absolute atomic E-state index is 9.59. The van der Waals surface area contributed by atoms with Crippen molar-refractivity contribution in [3.8, 4) is 0 Å². The molecule has 1 aliphatic rings. The molecule has 1 atom stereocenters. The largest absolute Gasteiger partial charge is 0.432 e. The van der Waals surface area contributed by atoms with E-state index >= 15 is 0 Å². The molecule has 2 rings (SSSR count). The summed E-state index contributed by atoms with van der Waals surface area (Å²) in [5, 5.41) is 9.59. The molecule has 13 heavy (non-hydrogen) atoms. The summed E-state index contributed by atoms with van der Waals surface area (Å²) in [7, 11) is 0. The normalized spacial score (nSPS) is 21.8. The van der Waals surface area contributed by atoms with Crippen LogP contribution in [0.3, 0.4) is 0 Å². The van der Waals surface area contributed by atoms with E-state index in [1.807, 2.05) is 0 Å². The third-order valence-electron chi connectivity index (χ3n) is 1.74. The molecule has 0 radical (unpaired) electrons. The summed E-state index contributed by atoms with van der Waals surface area (Å²) < 4.78 is 5.01. The van der Waals surface area contributed by atoms with Crippen molar-refractivity contribution >= 4 is 6.01 Å². The number of aliphatic hydroxyl groups is 1. The first-order chi connectivity index (χ1) is 6.29. The lowest BCUT2D eigenvalue weighted by Crippen LogP contribution is -2.36. The number of allylic oxidation sites excluding steroid dienone is 2. The van der Waals surface area contributed by atoms with Crippen molar-refractivity contribution in [3.63, 3.8) is 0 Å². The van der Waals surface area contributed by atoms with Crippen LogP contribution in [-0.2, 0) is 0 Å². The predicted octanol–water partition coefficient (Wildman–Crippen LogP) is 0.169. The quantitative estimate of drug-likeness (QED) is 0.642. The van der Waals surface area contributed by atoms with Crippen LogP contribution in [0.25, 0.3) is 0 Å². The molecule has 0 spiro atoms. The highest BCUT2D eigenvalue weighted by atomic mass is 16.4. The lowest BCUT2D eigenvalue weighted by atomic mass is 10.3. The molecule has 0 aromatic carbocycles. The first kappa shape index (κ1) is 7.88. The molecule has 0 saturated heterocycles. The number of nitrogens with zero attached hydrogens (tertiary/aromatic N) is 2. The highest BCUT2D eigenvalue weighted by molar-refractivity contribution is 5.40. The van der Waals surface area contributed by atoms with Crippen LogP contribution < -0.4 is 10.6 Å². The van der Waals surface area contributed by atoms with Gasteiger partial charge in [0.15, 0.2) is 6.23 Å². The van der Waals surface area contributed by atoms with Crippen LogP contribution in [0.2, 0.25) is 0 Å². The Hall–Kier alpha value is -1.75. The van der Waals surface area contributed by atoms with Crippen LogP contribution in [0.4, 0.5) is 6.01 Å². The number of hydrogen-bond acceptors (Lipinski definition) is 5. The first-order valence-electron chi connectivity index (χ1n) is 3.79. The third kappa shape index (κ3) is 1.29. The summed E-state index contributed by atoms with van der Waals surface area (Å²) in [6.45, 7) is 0. The predicted molar refractivity (Wildman–Crippen MR) is 46.4 cm³/mol. The number of oxazole rings is 1. The highest BCUT2D eigenvalue weighted by Gasteiger charge is 2.21. The van der Waals surface area contributed by atoms with Crippen LogP contribution in [-0.4, -0.2) is 16.3 Å². The van der Waals surface area contributed by atoms with E-state index in [-0.39, 0.29) is 0 Å². The number of aliphatic hydroxyl groups excluding tert-OH is 1. The zero-order valence-corrected chi connectivity index (χ0v) is 6.79. The monoisotopic (exact) mass is 179 g/mol. The van der Waals surface area contributed by atoms with Gasteiger partial charge in [0.05, 0.1) is 11.9 Å². The van der Waals surface area contributed by atoms with E-state index < -0.39 is 6.23 Å². The van der Waals surface area contributed by atoms with Crippen molar-refractivity contribution in [2.75, 3.05) is 4.90 Å². The molecule has 1 aromatic rings. The fourth-order valence-electron chi connectivity index (χ4n) is 1.09. The van der Waals surface area contributed by atoms with Gasteiger partial charge in [-0.15, -0.1) is 0 Å². The zero-order valence-electron chi connectivity index (χ0n) is 6.79. The Labute approximate surface area is 74.8 Å². The van der Waals surface area contributed by atoms with E-state index in [2.05, 4.69) is 4.98 Å². The van der Waals surface area contributed by atoms with Gasteiger partial charge in [0, 0.05) is 6.20 Å². The van der Waals surface area contributed by atoms with Crippen molar-refractivity contribution in [3.05, 3.63) is 36.5 Å². The van der Waals surface area contributed by atoms with Crippen molar-refractivity contribution in [2.45, 2.75) is 6.23 Å². The van der Waals surface area contributed by atoms with Gasteiger partial charge >= 0.3 is 6.01 Å². The van der Waals surface area contributed by atoms with E-state index in [1.54, 1.807) is 18.4 Å². The second-order valence-electron chi connectivity index (χ2n) is 2.60. The first-order valence-corrected chi connectivity index (χ1v) is 3.79. The van der Waals surface area contributed by atoms with E-state index in [1.165, 1.54) is 17.4 Å². The van der Waals surface area contributed by atoms with E-state index in [4.69, 9.17) is 10.2 Å². The minimum Gasteiger partial charge on any atom is -0.432 e. The van der Waals surface area contributed by atoms with Gasteiger partial charge in [-0.2, -0.15) is 0 Å². The Bertz CT molecular complexity index is 342. The third-order valence-corrected chi connectivity index (χ3v) is 1.74. The lowest BCUT2D eigenvalue weighted by molar-refractivity contribution is 0.206. The topological polar surface area (TPSA) is 75.5 Å². The fraction of sp³-hybridized carbons (Fsp3) is 0.125. The molecule has 2 heterocycles. The van der Waals surface area contributed by atoms with Gasteiger partial charge < -0.3 is 15.3 Å². The molecule has 1 aromatic heterocycles. The Morgan fingerprint density at radius 1 is 1.62 bits per heavy atom. The summed E-state index contributed by atoms with van der Waals surface area (Å²) in [4.78, 5) is 5.33. The van der Waals surface area contributed by atoms with Crippen molar-refractivity contribution < 1.29 is 9.52 Å². The van der Waals surface area contributed by atoms with E-state index in [9.17, 15) is 5.11 Å². The maximum atomic E-state index is 9.59. The average molecular weight is 179 g/mol. The van der Waals surface area contributed by atoms with Gasteiger partial charge in [-0.1, -0.05) is 0 Å². The summed E-state index contributed by atoms with van der Waals surface area (Å²) in [5.74, 6) is 0. The molecular formula is C8H9N3O2. The van der Waals surface area contributed by atoms with Gasteiger partial charge in [0.25, 0.3) is 0 Å². The van der Waals surface area contributed by atoms with Gasteiger partial charge in [0.2, 0.25) is 0 Å². The molecule has 0 amide bonds. The van der Waals surface area contributed by atoms with Crippen LogP contribution >= 0.6 is 0 Å². The Balaban J connectivity index is 2.28. The molecule has 1 unspecified atom stereocenters. The summed E-state index contributed by atoms with van der Waals surface area (Å²) >= 11 is 0. The number of hydrogen-bond donors (Lipinski definition) is 2. The van der Waals surface area contributed by atoms with Crippen LogP contribution in [0, 0.1) is 0 Å². The minimum atomic E-state index is -0.899. The molecule has 1 aliphatic heterocycles. The van der Waals surface area contributed by atoms with Crippen molar-refractivity contribution in [1.82, 2.24) is 4.98 Å². The molecule has 0 saturated carbocycles. The van der Waals surface area contributed by atoms with E-state index in [0.29, 0.717) is 11.7 Å².